The summed E-state index contributed by atoms with van der Waals surface area (Å²) in [6.07, 6.45) is 49.4. The summed E-state index contributed by atoms with van der Waals surface area (Å²) in [5.74, 6) is -0.0281. The molecule has 0 saturated carbocycles. The van der Waals surface area contributed by atoms with Gasteiger partial charge in [0.2, 0.25) is 0 Å². The quantitative estimate of drug-likeness (QED) is 0.0345. The Morgan fingerprint density at radius 1 is 0.322 bits per heavy atom. The average molecular weight is 835 g/mol. The Bertz CT molecular complexity index is 887. The molecule has 0 spiro atoms. The molecule has 6 heteroatoms. The Morgan fingerprint density at radius 2 is 0.559 bits per heavy atom. The minimum atomic E-state index is -0.760. The van der Waals surface area contributed by atoms with E-state index in [2.05, 4.69) is 27.7 Å². The molecule has 0 aromatic rings. The van der Waals surface area contributed by atoms with Crippen LogP contribution < -0.4 is 0 Å². The molecule has 0 bridgehead atoms. The summed E-state index contributed by atoms with van der Waals surface area (Å²) in [5.41, 5.74) is 0. The van der Waals surface area contributed by atoms with E-state index >= 15 is 0 Å². The Hall–Kier alpha value is -1.59. The maximum Gasteiger partial charge on any atom is 0.306 e. The smallest absolute Gasteiger partial charge is 0.306 e. The minimum Gasteiger partial charge on any atom is -0.462 e. The molecule has 0 saturated heterocycles. The molecule has 350 valence electrons. The van der Waals surface area contributed by atoms with Crippen LogP contribution in [0, 0.1) is 5.92 Å². The van der Waals surface area contributed by atoms with Crippen molar-refractivity contribution in [3.8, 4) is 0 Å². The molecule has 0 aromatic heterocycles. The van der Waals surface area contributed by atoms with Gasteiger partial charge in [-0.2, -0.15) is 0 Å². The monoisotopic (exact) mass is 835 g/mol. The summed E-state index contributed by atoms with van der Waals surface area (Å²) >= 11 is 0. The van der Waals surface area contributed by atoms with Crippen LogP contribution in [0.1, 0.15) is 297 Å². The highest BCUT2D eigenvalue weighted by molar-refractivity contribution is 5.71. The third-order valence-corrected chi connectivity index (χ3v) is 12.0. The van der Waals surface area contributed by atoms with E-state index in [0.29, 0.717) is 19.3 Å². The number of hydrogen-bond donors (Lipinski definition) is 0. The van der Waals surface area contributed by atoms with Gasteiger partial charge in [0.1, 0.15) is 13.2 Å². The molecular formula is C53H102O6. The molecule has 0 radical (unpaired) electrons. The molecule has 6 nitrogen and oxygen atoms in total. The van der Waals surface area contributed by atoms with E-state index in [9.17, 15) is 14.4 Å². The van der Waals surface area contributed by atoms with Crippen molar-refractivity contribution in [2.24, 2.45) is 5.92 Å². The summed E-state index contributed by atoms with van der Waals surface area (Å²) < 4.78 is 16.8. The molecule has 0 N–H and O–H groups in total. The fourth-order valence-electron chi connectivity index (χ4n) is 8.04. The lowest BCUT2D eigenvalue weighted by molar-refractivity contribution is -0.167. The van der Waals surface area contributed by atoms with Gasteiger partial charge in [0, 0.05) is 19.3 Å². The second-order valence-corrected chi connectivity index (χ2v) is 18.6. The lowest BCUT2D eigenvalue weighted by Gasteiger charge is -2.18. The standard InChI is InChI=1S/C53H102O6/c1-5-7-9-11-13-15-17-18-19-20-21-22-24-29-33-37-41-45-52(55)58-48-50(47-57-51(54)44-40-36-32-28-23-16-14-12-10-8-6-2)59-53(56)46-42-38-34-30-26-25-27-31-35-39-43-49(3)4/h49-50H,5-48H2,1-4H3/t50-/m0/s1. The van der Waals surface area contributed by atoms with Crippen LogP contribution in [0.3, 0.4) is 0 Å². The summed E-state index contributed by atoms with van der Waals surface area (Å²) in [6.45, 7) is 9.01. The highest BCUT2D eigenvalue weighted by Gasteiger charge is 2.19. The second-order valence-electron chi connectivity index (χ2n) is 18.6. The number of rotatable bonds is 48. The molecule has 0 fully saturated rings. The van der Waals surface area contributed by atoms with Crippen molar-refractivity contribution < 1.29 is 28.6 Å². The first-order valence-electron chi connectivity index (χ1n) is 26.4. The predicted molar refractivity (Wildman–Crippen MR) is 252 cm³/mol. The van der Waals surface area contributed by atoms with Gasteiger partial charge < -0.3 is 14.2 Å². The van der Waals surface area contributed by atoms with Crippen LogP contribution in [0.4, 0.5) is 0 Å². The van der Waals surface area contributed by atoms with Gasteiger partial charge in [-0.05, 0) is 25.2 Å². The van der Waals surface area contributed by atoms with Crippen molar-refractivity contribution in [3.05, 3.63) is 0 Å². The first-order chi connectivity index (χ1) is 28.9. The molecular weight excluding hydrogens is 733 g/mol. The molecule has 59 heavy (non-hydrogen) atoms. The van der Waals surface area contributed by atoms with Gasteiger partial charge in [-0.1, -0.05) is 259 Å². The zero-order valence-electron chi connectivity index (χ0n) is 40.2. The largest absolute Gasteiger partial charge is 0.462 e. The van der Waals surface area contributed by atoms with E-state index in [1.54, 1.807) is 0 Å². The summed E-state index contributed by atoms with van der Waals surface area (Å²) in [6, 6.07) is 0. The molecule has 0 aromatic carbocycles. The van der Waals surface area contributed by atoms with E-state index in [-0.39, 0.29) is 31.1 Å². The maximum absolute atomic E-state index is 12.8. The number of carbonyl (C=O) groups excluding carboxylic acids is 3. The van der Waals surface area contributed by atoms with Crippen molar-refractivity contribution in [2.75, 3.05) is 13.2 Å². The molecule has 1 atom stereocenters. The summed E-state index contributed by atoms with van der Waals surface area (Å²) in [5, 5.41) is 0. The van der Waals surface area contributed by atoms with Crippen molar-refractivity contribution in [1.82, 2.24) is 0 Å². The zero-order chi connectivity index (χ0) is 43.1. The maximum atomic E-state index is 12.8. The lowest BCUT2D eigenvalue weighted by atomic mass is 10.0. The SMILES string of the molecule is CCCCCCCCCCCCCCCCCCCC(=O)OC[C@H](COC(=O)CCCCCCCCCCCCC)OC(=O)CCCCCCCCCCCCC(C)C. The fourth-order valence-corrected chi connectivity index (χ4v) is 8.04. The van der Waals surface area contributed by atoms with E-state index < -0.39 is 6.10 Å². The normalized spacial score (nSPS) is 11.9. The summed E-state index contributed by atoms with van der Waals surface area (Å²) in [7, 11) is 0. The summed E-state index contributed by atoms with van der Waals surface area (Å²) in [4.78, 5) is 37.9. The Labute approximate surface area is 368 Å². The van der Waals surface area contributed by atoms with E-state index in [4.69, 9.17) is 14.2 Å². The average Bonchev–Trinajstić information content (AvgIpc) is 3.22. The molecule has 0 unspecified atom stereocenters. The van der Waals surface area contributed by atoms with Gasteiger partial charge in [0.05, 0.1) is 0 Å². The molecule has 0 rings (SSSR count). The van der Waals surface area contributed by atoms with Gasteiger partial charge in [-0.3, -0.25) is 14.4 Å². The molecule has 0 aliphatic rings. The predicted octanol–water partition coefficient (Wildman–Crippen LogP) is 17.1. The van der Waals surface area contributed by atoms with Gasteiger partial charge >= 0.3 is 17.9 Å². The Kier molecular flexibility index (Phi) is 46.2. The first-order valence-corrected chi connectivity index (χ1v) is 26.4. The third kappa shape index (κ3) is 47.3. The highest BCUT2D eigenvalue weighted by Crippen LogP contribution is 2.17. The van der Waals surface area contributed by atoms with Crippen LogP contribution in [0.25, 0.3) is 0 Å². The van der Waals surface area contributed by atoms with Gasteiger partial charge in [0.15, 0.2) is 6.10 Å². The molecule has 0 aliphatic carbocycles. The topological polar surface area (TPSA) is 78.9 Å². The van der Waals surface area contributed by atoms with Crippen molar-refractivity contribution in [1.29, 1.82) is 0 Å². The van der Waals surface area contributed by atoms with E-state index in [1.807, 2.05) is 0 Å². The van der Waals surface area contributed by atoms with Crippen LogP contribution in [0.15, 0.2) is 0 Å². The zero-order valence-corrected chi connectivity index (χ0v) is 40.2. The van der Waals surface area contributed by atoms with Crippen LogP contribution in [0.5, 0.6) is 0 Å². The number of ether oxygens (including phenoxy) is 3. The third-order valence-electron chi connectivity index (χ3n) is 12.0. The van der Waals surface area contributed by atoms with Gasteiger partial charge in [-0.15, -0.1) is 0 Å². The second kappa shape index (κ2) is 47.5. The number of esters is 3. The fraction of sp³-hybridized carbons (Fsp3) is 0.943. The Balaban J connectivity index is 4.27. The van der Waals surface area contributed by atoms with Crippen LogP contribution in [-0.2, 0) is 28.6 Å². The van der Waals surface area contributed by atoms with Crippen molar-refractivity contribution >= 4 is 17.9 Å². The van der Waals surface area contributed by atoms with Gasteiger partial charge in [0.25, 0.3) is 0 Å². The van der Waals surface area contributed by atoms with Crippen LogP contribution >= 0.6 is 0 Å². The highest BCUT2D eigenvalue weighted by atomic mass is 16.6. The van der Waals surface area contributed by atoms with Crippen LogP contribution in [-0.4, -0.2) is 37.2 Å². The molecule has 0 amide bonds. The van der Waals surface area contributed by atoms with Crippen molar-refractivity contribution in [2.45, 2.75) is 303 Å². The van der Waals surface area contributed by atoms with E-state index in [1.165, 1.54) is 193 Å². The van der Waals surface area contributed by atoms with Gasteiger partial charge in [-0.25, -0.2) is 0 Å². The molecule has 0 aliphatic heterocycles. The molecule has 0 heterocycles. The van der Waals surface area contributed by atoms with Crippen LogP contribution in [0.2, 0.25) is 0 Å². The first kappa shape index (κ1) is 57.4. The number of unbranched alkanes of at least 4 members (excludes halogenated alkanes) is 35. The minimum absolute atomic E-state index is 0.0628. The number of hydrogen-bond acceptors (Lipinski definition) is 6. The van der Waals surface area contributed by atoms with Crippen molar-refractivity contribution in [3.63, 3.8) is 0 Å². The Morgan fingerprint density at radius 3 is 0.831 bits per heavy atom. The number of carbonyl (C=O) groups is 3. The lowest BCUT2D eigenvalue weighted by Crippen LogP contribution is -2.30. The van der Waals surface area contributed by atoms with E-state index in [0.717, 1.165) is 63.7 Å².